The number of guanidine groups is 1. The summed E-state index contributed by atoms with van der Waals surface area (Å²) in [5.74, 6) is -1.90. The van der Waals surface area contributed by atoms with Crippen LogP contribution in [0.5, 0.6) is 0 Å². The van der Waals surface area contributed by atoms with Crippen LogP contribution >= 0.6 is 0 Å². The van der Waals surface area contributed by atoms with Gasteiger partial charge >= 0.3 is 5.97 Å². The molecule has 0 aromatic carbocycles. The Labute approximate surface area is 150 Å². The van der Waals surface area contributed by atoms with Gasteiger partial charge in [0.15, 0.2) is 5.96 Å². The third kappa shape index (κ3) is 7.99. The molecule has 1 aromatic heterocycles. The Morgan fingerprint density at radius 1 is 1.35 bits per heavy atom. The van der Waals surface area contributed by atoms with Gasteiger partial charge < -0.3 is 31.6 Å². The first kappa shape index (κ1) is 20.7. The van der Waals surface area contributed by atoms with E-state index in [1.54, 1.807) is 12.1 Å². The molecule has 2 atom stereocenters. The molecule has 7 N–H and O–H groups in total. The van der Waals surface area contributed by atoms with Gasteiger partial charge in [0.1, 0.15) is 17.8 Å². The number of carbonyl (C=O) groups is 3. The van der Waals surface area contributed by atoms with Gasteiger partial charge in [-0.1, -0.05) is 0 Å². The molecule has 0 aliphatic rings. The number of furan rings is 1. The van der Waals surface area contributed by atoms with E-state index in [2.05, 4.69) is 15.6 Å². The maximum Gasteiger partial charge on any atom is 0.326 e. The van der Waals surface area contributed by atoms with Crippen molar-refractivity contribution in [2.24, 2.45) is 16.5 Å². The number of amides is 2. The SMILES string of the molecule is C[C@H](NC(=O)/C=C\c1ccco1)C(=O)N[C@H](CCCN=C(N)N)C(=O)O. The minimum absolute atomic E-state index is 0.0835. The molecule has 0 saturated carbocycles. The van der Waals surface area contributed by atoms with Gasteiger partial charge in [-0.25, -0.2) is 4.79 Å². The minimum atomic E-state index is -1.18. The van der Waals surface area contributed by atoms with Crippen LogP contribution in [0.25, 0.3) is 6.08 Å². The number of nitrogens with one attached hydrogen (secondary N) is 2. The van der Waals surface area contributed by atoms with E-state index in [4.69, 9.17) is 15.9 Å². The van der Waals surface area contributed by atoms with Crippen LogP contribution in [0, 0.1) is 0 Å². The van der Waals surface area contributed by atoms with Crippen LogP contribution in [-0.4, -0.2) is 47.5 Å². The van der Waals surface area contributed by atoms with Crippen LogP contribution < -0.4 is 22.1 Å². The second kappa shape index (κ2) is 10.5. The predicted octanol–water partition coefficient (Wildman–Crippen LogP) is -0.579. The van der Waals surface area contributed by atoms with Crippen molar-refractivity contribution in [1.82, 2.24) is 10.6 Å². The summed E-state index contributed by atoms with van der Waals surface area (Å²) in [7, 11) is 0. The maximum atomic E-state index is 12.1. The van der Waals surface area contributed by atoms with Crippen LogP contribution in [0.3, 0.4) is 0 Å². The average molecular weight is 365 g/mol. The molecule has 0 bridgehead atoms. The highest BCUT2D eigenvalue weighted by Gasteiger charge is 2.23. The number of nitrogens with zero attached hydrogens (tertiary/aromatic N) is 1. The fourth-order valence-electron chi connectivity index (χ4n) is 1.93. The molecule has 0 unspecified atom stereocenters. The largest absolute Gasteiger partial charge is 0.480 e. The fourth-order valence-corrected chi connectivity index (χ4v) is 1.93. The Kier molecular flexibility index (Phi) is 8.41. The predicted molar refractivity (Wildman–Crippen MR) is 94.8 cm³/mol. The average Bonchev–Trinajstić information content (AvgIpc) is 3.08. The summed E-state index contributed by atoms with van der Waals surface area (Å²) in [6.07, 6.45) is 4.65. The van der Waals surface area contributed by atoms with E-state index in [0.717, 1.165) is 0 Å². The monoisotopic (exact) mass is 365 g/mol. The lowest BCUT2D eigenvalue weighted by atomic mass is 10.1. The van der Waals surface area contributed by atoms with Crippen molar-refractivity contribution in [3.8, 4) is 0 Å². The van der Waals surface area contributed by atoms with E-state index in [0.29, 0.717) is 12.2 Å². The van der Waals surface area contributed by atoms with Gasteiger partial charge in [-0.15, -0.1) is 0 Å². The minimum Gasteiger partial charge on any atom is -0.480 e. The van der Waals surface area contributed by atoms with E-state index >= 15 is 0 Å². The number of hydrogen-bond acceptors (Lipinski definition) is 5. The Hall–Kier alpha value is -3.30. The fraction of sp³-hybridized carbons (Fsp3) is 0.375. The van der Waals surface area contributed by atoms with Crippen LogP contribution in [-0.2, 0) is 14.4 Å². The third-order valence-corrected chi connectivity index (χ3v) is 3.25. The molecule has 0 radical (unpaired) electrons. The van der Waals surface area contributed by atoms with Gasteiger partial charge in [0, 0.05) is 12.6 Å². The Bertz CT molecular complexity index is 665. The molecule has 0 aliphatic heterocycles. The smallest absolute Gasteiger partial charge is 0.326 e. The Balaban J connectivity index is 2.47. The second-order valence-electron chi connectivity index (χ2n) is 5.43. The number of aliphatic carboxylic acids is 1. The van der Waals surface area contributed by atoms with E-state index in [1.807, 2.05) is 0 Å². The lowest BCUT2D eigenvalue weighted by Crippen LogP contribution is -2.50. The van der Waals surface area contributed by atoms with Crippen LogP contribution in [0.1, 0.15) is 25.5 Å². The van der Waals surface area contributed by atoms with Gasteiger partial charge in [0.2, 0.25) is 11.8 Å². The number of aliphatic imine (C=N–C) groups is 1. The van der Waals surface area contributed by atoms with Crippen molar-refractivity contribution in [1.29, 1.82) is 0 Å². The molecule has 0 aliphatic carbocycles. The van der Waals surface area contributed by atoms with E-state index < -0.39 is 29.9 Å². The normalized spacial score (nSPS) is 13.0. The summed E-state index contributed by atoms with van der Waals surface area (Å²) in [4.78, 5) is 38.8. The van der Waals surface area contributed by atoms with Crippen LogP contribution in [0.15, 0.2) is 33.9 Å². The van der Waals surface area contributed by atoms with Gasteiger partial charge in [0.25, 0.3) is 0 Å². The number of hydrogen-bond donors (Lipinski definition) is 5. The Morgan fingerprint density at radius 3 is 2.65 bits per heavy atom. The molecule has 2 amide bonds. The third-order valence-electron chi connectivity index (χ3n) is 3.25. The summed E-state index contributed by atoms with van der Waals surface area (Å²) in [5, 5.41) is 14.0. The van der Waals surface area contributed by atoms with E-state index in [1.165, 1.54) is 25.3 Å². The number of nitrogens with two attached hydrogens (primary N) is 2. The summed E-state index contributed by atoms with van der Waals surface area (Å²) in [6.45, 7) is 1.71. The number of carboxylic acid groups (broad SMARTS) is 1. The molecule has 1 aromatic rings. The van der Waals surface area contributed by atoms with Crippen molar-refractivity contribution in [3.63, 3.8) is 0 Å². The molecule has 0 spiro atoms. The van der Waals surface area contributed by atoms with Crippen molar-refractivity contribution in [2.75, 3.05) is 6.54 Å². The highest BCUT2D eigenvalue weighted by Crippen LogP contribution is 2.02. The Morgan fingerprint density at radius 2 is 2.08 bits per heavy atom. The van der Waals surface area contributed by atoms with Gasteiger partial charge in [-0.3, -0.25) is 14.6 Å². The standard InChI is InChI=1S/C16H23N5O5/c1-10(20-13(22)7-6-11-4-3-9-26-11)14(23)21-12(15(24)25)5-2-8-19-16(17)18/h3-4,6-7,9-10,12H,2,5,8H2,1H3,(H,20,22)(H,21,23)(H,24,25)(H4,17,18,19)/b7-6-/t10-,12+/m0/s1. The van der Waals surface area contributed by atoms with Gasteiger partial charge in [-0.05, 0) is 38.0 Å². The van der Waals surface area contributed by atoms with E-state index in [9.17, 15) is 19.5 Å². The van der Waals surface area contributed by atoms with Crippen molar-refractivity contribution < 1.29 is 23.9 Å². The second-order valence-corrected chi connectivity index (χ2v) is 5.43. The van der Waals surface area contributed by atoms with Crippen molar-refractivity contribution >= 4 is 29.8 Å². The highest BCUT2D eigenvalue weighted by molar-refractivity contribution is 5.95. The quantitative estimate of drug-likeness (QED) is 0.160. The van der Waals surface area contributed by atoms with Crippen LogP contribution in [0.4, 0.5) is 0 Å². The molecule has 10 nitrogen and oxygen atoms in total. The summed E-state index contributed by atoms with van der Waals surface area (Å²) >= 11 is 0. The number of rotatable bonds is 10. The molecular formula is C16H23N5O5. The molecular weight excluding hydrogens is 342 g/mol. The molecule has 1 heterocycles. The molecule has 10 heteroatoms. The van der Waals surface area contributed by atoms with Crippen molar-refractivity contribution in [3.05, 3.63) is 30.2 Å². The summed E-state index contributed by atoms with van der Waals surface area (Å²) in [6, 6.07) is 1.32. The lowest BCUT2D eigenvalue weighted by Gasteiger charge is -2.18. The molecule has 0 saturated heterocycles. The maximum absolute atomic E-state index is 12.1. The van der Waals surface area contributed by atoms with Gasteiger partial charge in [-0.2, -0.15) is 0 Å². The zero-order chi connectivity index (χ0) is 19.5. The van der Waals surface area contributed by atoms with Crippen molar-refractivity contribution in [2.45, 2.75) is 31.8 Å². The van der Waals surface area contributed by atoms with Gasteiger partial charge in [0.05, 0.1) is 6.26 Å². The molecule has 1 rings (SSSR count). The van der Waals surface area contributed by atoms with Crippen LogP contribution in [0.2, 0.25) is 0 Å². The first-order valence-electron chi connectivity index (χ1n) is 7.90. The first-order chi connectivity index (χ1) is 12.3. The molecule has 142 valence electrons. The first-order valence-corrected chi connectivity index (χ1v) is 7.90. The number of carboxylic acids is 1. The summed E-state index contributed by atoms with van der Waals surface area (Å²) < 4.78 is 5.04. The van der Waals surface area contributed by atoms with E-state index in [-0.39, 0.29) is 18.9 Å². The zero-order valence-corrected chi connectivity index (χ0v) is 14.3. The molecule has 0 fully saturated rings. The summed E-state index contributed by atoms with van der Waals surface area (Å²) in [5.41, 5.74) is 10.4. The number of carbonyl (C=O) groups excluding carboxylic acids is 2. The highest BCUT2D eigenvalue weighted by atomic mass is 16.4. The molecule has 26 heavy (non-hydrogen) atoms. The topological polar surface area (TPSA) is 173 Å². The lowest BCUT2D eigenvalue weighted by molar-refractivity contribution is -0.142. The zero-order valence-electron chi connectivity index (χ0n) is 14.3.